The van der Waals surface area contributed by atoms with Gasteiger partial charge in [-0.1, -0.05) is 47.5 Å². The van der Waals surface area contributed by atoms with Gasteiger partial charge in [-0.3, -0.25) is 29.5 Å². The molecule has 6 atom stereocenters. The zero-order valence-corrected chi connectivity index (χ0v) is 30.8. The fraction of sp³-hybridized carbons (Fsp3) is 0.231. The largest absolute Gasteiger partial charge is 0.503 e. The molecular formula is C39H31BBrClFN3O8. The van der Waals surface area contributed by atoms with Gasteiger partial charge >= 0.3 is 7.12 Å². The predicted octanol–water partition coefficient (Wildman–Crippen LogP) is 4.83. The first kappa shape index (κ1) is 36.0. The average Bonchev–Trinajstić information content (AvgIpc) is 3.54. The summed E-state index contributed by atoms with van der Waals surface area (Å²) in [7, 11) is -0.440. The smallest absolute Gasteiger partial charge is 0.488 e. The number of allylic oxidation sites excluding steroid dienone is 2. The van der Waals surface area contributed by atoms with Crippen LogP contribution in [-0.4, -0.2) is 58.0 Å². The molecule has 0 radical (unpaired) electrons. The zero-order chi connectivity index (χ0) is 38.2. The lowest BCUT2D eigenvalue weighted by Crippen LogP contribution is -2.53. The van der Waals surface area contributed by atoms with E-state index in [9.17, 15) is 33.9 Å². The number of anilines is 2. The molecule has 4 aliphatic rings. The van der Waals surface area contributed by atoms with Crippen LogP contribution in [0.25, 0.3) is 0 Å². The van der Waals surface area contributed by atoms with Gasteiger partial charge in [-0.2, -0.15) is 5.01 Å². The van der Waals surface area contributed by atoms with Gasteiger partial charge < -0.3 is 19.9 Å². The first-order valence-corrected chi connectivity index (χ1v) is 18.3. The Kier molecular flexibility index (Phi) is 8.92. The summed E-state index contributed by atoms with van der Waals surface area (Å²) in [6, 6.07) is 21.0. The molecule has 0 bridgehead atoms. The molecule has 0 spiro atoms. The maximum atomic E-state index is 15.3. The van der Waals surface area contributed by atoms with Crippen molar-refractivity contribution in [2.45, 2.75) is 24.2 Å². The van der Waals surface area contributed by atoms with Gasteiger partial charge in [0.25, 0.3) is 11.8 Å². The van der Waals surface area contributed by atoms with Gasteiger partial charge in [-0.25, -0.2) is 4.39 Å². The fourth-order valence-corrected chi connectivity index (χ4v) is 9.61. The van der Waals surface area contributed by atoms with E-state index in [2.05, 4.69) is 21.4 Å². The summed E-state index contributed by atoms with van der Waals surface area (Å²) in [5, 5.41) is 31.9. The molecule has 6 unspecified atom stereocenters. The van der Waals surface area contributed by atoms with Crippen molar-refractivity contribution in [3.8, 4) is 11.5 Å². The third-order valence-corrected chi connectivity index (χ3v) is 12.1. The summed E-state index contributed by atoms with van der Waals surface area (Å²) in [6.07, 6.45) is 2.04. The third-order valence-electron chi connectivity index (χ3n) is 11.3. The number of rotatable bonds is 7. The van der Waals surface area contributed by atoms with E-state index in [4.69, 9.17) is 16.3 Å². The van der Waals surface area contributed by atoms with Crippen molar-refractivity contribution in [2.24, 2.45) is 23.7 Å². The number of methoxy groups -OCH3 is 1. The van der Waals surface area contributed by atoms with Crippen LogP contribution in [0.2, 0.25) is 5.02 Å². The second-order valence-corrected chi connectivity index (χ2v) is 15.2. The number of hydrazine groups is 1. The number of hydrogen-bond donors (Lipinski definition) is 4. The van der Waals surface area contributed by atoms with E-state index in [1.807, 2.05) is 6.08 Å². The second kappa shape index (κ2) is 13.4. The Bertz CT molecular complexity index is 2270. The number of benzene rings is 4. The fourth-order valence-electron chi connectivity index (χ4n) is 9.03. The Morgan fingerprint density at radius 1 is 0.944 bits per heavy atom. The minimum Gasteiger partial charge on any atom is -0.503 e. The standard InChI is InChI=1S/C39H31BBrClFN3O8/c1-54-31-16-19(15-30(41)34(31)47)33-26-13-14-27-32(37(50)45(35(27)48)25-4-2-3-21(17-25)40(52)53)28(26)18-29-36(49)46(44-24-11-9-23(43)10-12-24)38(51)39(29,33)20-5-7-22(42)8-6-20/h2-13,15-17,27-29,32-33,44,47,52-53H,14,18H2,1H3. The Morgan fingerprint density at radius 3 is 2.35 bits per heavy atom. The van der Waals surface area contributed by atoms with Gasteiger partial charge in [0.15, 0.2) is 11.5 Å². The van der Waals surface area contributed by atoms with E-state index in [0.717, 1.165) is 9.91 Å². The van der Waals surface area contributed by atoms with Gasteiger partial charge in [0.2, 0.25) is 11.8 Å². The van der Waals surface area contributed by atoms with Crippen LogP contribution >= 0.6 is 27.5 Å². The van der Waals surface area contributed by atoms with Crippen LogP contribution in [0, 0.1) is 29.5 Å². The van der Waals surface area contributed by atoms with Crippen molar-refractivity contribution >= 4 is 75.1 Å². The molecule has 0 aromatic heterocycles. The number of nitrogens with zero attached hydrogens (tertiary/aromatic N) is 2. The van der Waals surface area contributed by atoms with Crippen LogP contribution < -0.4 is 20.5 Å². The highest BCUT2D eigenvalue weighted by Crippen LogP contribution is 2.64. The molecule has 2 aliphatic heterocycles. The molecule has 4 amide bonds. The highest BCUT2D eigenvalue weighted by atomic mass is 79.9. The van der Waals surface area contributed by atoms with Gasteiger partial charge in [-0.05, 0) is 112 Å². The molecule has 3 fully saturated rings. The molecule has 4 aromatic carbocycles. The number of amides is 4. The lowest BCUT2D eigenvalue weighted by Gasteiger charge is -2.50. The molecule has 2 saturated heterocycles. The number of nitrogens with one attached hydrogen (secondary N) is 1. The maximum absolute atomic E-state index is 15.3. The number of carbonyl (C=O) groups excluding carboxylic acids is 4. The molecule has 8 rings (SSSR count). The molecule has 11 nitrogen and oxygen atoms in total. The number of halogens is 3. The molecule has 15 heteroatoms. The highest BCUT2D eigenvalue weighted by molar-refractivity contribution is 9.10. The molecule has 2 aliphatic carbocycles. The Labute approximate surface area is 322 Å². The minimum atomic E-state index is -1.83. The number of imide groups is 2. The van der Waals surface area contributed by atoms with Crippen molar-refractivity contribution in [3.63, 3.8) is 0 Å². The second-order valence-electron chi connectivity index (χ2n) is 13.9. The Hall–Kier alpha value is -5.02. The molecular weight excluding hydrogens is 784 g/mol. The van der Waals surface area contributed by atoms with E-state index < -0.39 is 71.6 Å². The first-order chi connectivity index (χ1) is 25.9. The predicted molar refractivity (Wildman–Crippen MR) is 200 cm³/mol. The number of hydrogen-bond acceptors (Lipinski definition) is 9. The molecule has 4 N–H and O–H groups in total. The van der Waals surface area contributed by atoms with E-state index in [-0.39, 0.29) is 45.7 Å². The SMILES string of the molecule is COc1cc(C2C3=CCC4C(=O)N(c5cccc(B(O)O)c5)C(=O)C4C3CC3C(=O)N(Nc4ccc(F)cc4)C(=O)C32c2ccc(Cl)cc2)cc(Br)c1O. The van der Waals surface area contributed by atoms with Crippen LogP contribution in [0.3, 0.4) is 0 Å². The summed E-state index contributed by atoms with van der Waals surface area (Å²) in [5.41, 5.74) is 3.47. The summed E-state index contributed by atoms with van der Waals surface area (Å²) in [4.78, 5) is 59.8. The average molecular weight is 815 g/mol. The van der Waals surface area contributed by atoms with Crippen LogP contribution in [-0.2, 0) is 24.6 Å². The number of fused-ring (bicyclic) bond motifs is 4. The van der Waals surface area contributed by atoms with Gasteiger partial charge in [0.1, 0.15) is 5.82 Å². The van der Waals surface area contributed by atoms with E-state index in [0.29, 0.717) is 21.7 Å². The monoisotopic (exact) mass is 813 g/mol. The van der Waals surface area contributed by atoms with Crippen LogP contribution in [0.5, 0.6) is 11.5 Å². The molecule has 54 heavy (non-hydrogen) atoms. The lowest BCUT2D eigenvalue weighted by molar-refractivity contribution is -0.138. The quantitative estimate of drug-likeness (QED) is 0.117. The van der Waals surface area contributed by atoms with Crippen LogP contribution in [0.15, 0.2) is 101 Å². The maximum Gasteiger partial charge on any atom is 0.488 e. The van der Waals surface area contributed by atoms with Crippen molar-refractivity contribution in [1.29, 1.82) is 0 Å². The van der Waals surface area contributed by atoms with Crippen LogP contribution in [0.4, 0.5) is 15.8 Å². The number of aromatic hydroxyl groups is 1. The number of carbonyl (C=O) groups is 4. The van der Waals surface area contributed by atoms with Gasteiger partial charge in [0, 0.05) is 10.9 Å². The normalized spacial score (nSPS) is 26.0. The van der Waals surface area contributed by atoms with Crippen molar-refractivity contribution in [2.75, 3.05) is 17.4 Å². The van der Waals surface area contributed by atoms with E-state index in [1.165, 1.54) is 49.6 Å². The van der Waals surface area contributed by atoms with Gasteiger partial charge in [0.05, 0.1) is 46.1 Å². The zero-order valence-electron chi connectivity index (χ0n) is 28.4. The van der Waals surface area contributed by atoms with E-state index >= 15 is 4.79 Å². The minimum absolute atomic E-state index is 0.0109. The van der Waals surface area contributed by atoms with Crippen molar-refractivity contribution in [1.82, 2.24) is 5.01 Å². The first-order valence-electron chi connectivity index (χ1n) is 17.1. The third kappa shape index (κ3) is 5.37. The summed E-state index contributed by atoms with van der Waals surface area (Å²) >= 11 is 9.80. The highest BCUT2D eigenvalue weighted by Gasteiger charge is 2.70. The van der Waals surface area contributed by atoms with Crippen molar-refractivity contribution in [3.05, 3.63) is 123 Å². The molecule has 4 aromatic rings. The number of ether oxygens (including phenoxy) is 1. The number of phenols is 1. The lowest BCUT2D eigenvalue weighted by atomic mass is 9.49. The Morgan fingerprint density at radius 2 is 1.67 bits per heavy atom. The topological polar surface area (TPSA) is 157 Å². The summed E-state index contributed by atoms with van der Waals surface area (Å²) < 4.78 is 19.7. The molecule has 1 saturated carbocycles. The van der Waals surface area contributed by atoms with Crippen molar-refractivity contribution < 1.29 is 43.5 Å². The van der Waals surface area contributed by atoms with Gasteiger partial charge in [-0.15, -0.1) is 0 Å². The van der Waals surface area contributed by atoms with E-state index in [1.54, 1.807) is 42.5 Å². The molecule has 2 heterocycles. The summed E-state index contributed by atoms with van der Waals surface area (Å²) in [6.45, 7) is 0. The Balaban J connectivity index is 1.33. The number of phenolic OH excluding ortho intramolecular Hbond substituents is 1. The van der Waals surface area contributed by atoms with Crippen LogP contribution in [0.1, 0.15) is 29.9 Å². The molecule has 274 valence electrons. The summed E-state index contributed by atoms with van der Waals surface area (Å²) in [5.74, 6) is -7.19.